The van der Waals surface area contributed by atoms with Gasteiger partial charge in [0.15, 0.2) is 0 Å². The number of nitrogens with zero attached hydrogens (tertiary/aromatic N) is 1. The molecule has 38 heavy (non-hydrogen) atoms. The molecule has 0 saturated carbocycles. The minimum atomic E-state index is -0.786. The Hall–Kier alpha value is -4.95. The molecule has 9 heteroatoms. The number of ether oxygens (including phenoxy) is 2. The van der Waals surface area contributed by atoms with Gasteiger partial charge in [-0.2, -0.15) is 0 Å². The molecule has 4 aromatic carbocycles. The van der Waals surface area contributed by atoms with E-state index in [1.807, 2.05) is 36.4 Å². The number of halogens is 1. The first-order chi connectivity index (χ1) is 18.4. The summed E-state index contributed by atoms with van der Waals surface area (Å²) < 4.78 is 10.4. The van der Waals surface area contributed by atoms with Gasteiger partial charge in [-0.05, 0) is 47.9 Å². The largest absolute Gasteiger partial charge is 0.465 e. The van der Waals surface area contributed by atoms with Gasteiger partial charge in [-0.15, -0.1) is 0 Å². The van der Waals surface area contributed by atoms with Crippen LogP contribution in [0, 0.1) is 0 Å². The Balaban J connectivity index is 1.34. The first-order valence-electron chi connectivity index (χ1n) is 11.4. The summed E-state index contributed by atoms with van der Waals surface area (Å²) in [6.07, 6.45) is 0. The highest BCUT2D eigenvalue weighted by atomic mass is 35.5. The van der Waals surface area contributed by atoms with Crippen molar-refractivity contribution in [3.05, 3.63) is 113 Å². The molecular formula is C29H19ClN2O6. The Kier molecular flexibility index (Phi) is 6.64. The lowest BCUT2D eigenvalue weighted by atomic mass is 10.1. The lowest BCUT2D eigenvalue weighted by Gasteiger charge is -2.17. The maximum absolute atomic E-state index is 13.2. The number of amides is 2. The number of rotatable bonds is 6. The van der Waals surface area contributed by atoms with Crippen molar-refractivity contribution in [3.63, 3.8) is 0 Å². The molecule has 0 atom stereocenters. The minimum Gasteiger partial charge on any atom is -0.465 e. The third kappa shape index (κ3) is 4.49. The Bertz CT molecular complexity index is 1640. The van der Waals surface area contributed by atoms with Gasteiger partial charge in [0.1, 0.15) is 16.5 Å². The highest BCUT2D eigenvalue weighted by Crippen LogP contribution is 2.32. The van der Waals surface area contributed by atoms with Crippen LogP contribution in [0.2, 0.25) is 0 Å². The van der Waals surface area contributed by atoms with E-state index in [9.17, 15) is 19.2 Å². The van der Waals surface area contributed by atoms with E-state index in [4.69, 9.17) is 21.1 Å². The van der Waals surface area contributed by atoms with Crippen LogP contribution in [0.25, 0.3) is 10.8 Å². The fourth-order valence-electron chi connectivity index (χ4n) is 4.06. The summed E-state index contributed by atoms with van der Waals surface area (Å²) in [5.41, 5.74) is 0.616. The standard InChI is InChI=1S/C29H19ClN2O6/c1-37-29(36)21-10-4-5-11-22(21)32-26(33)24(30)25(27(32)34)31-19-15-13-18(14-16-19)28(35)38-23-12-6-8-17-7-2-3-9-20(17)23/h2-16,31H,1H3. The van der Waals surface area contributed by atoms with E-state index < -0.39 is 23.8 Å². The Morgan fingerprint density at radius 3 is 2.24 bits per heavy atom. The Labute approximate surface area is 222 Å². The van der Waals surface area contributed by atoms with Crippen LogP contribution in [0.15, 0.2) is 102 Å². The number of anilines is 2. The number of fused-ring (bicyclic) bond motifs is 1. The molecule has 0 unspecified atom stereocenters. The number of carbonyl (C=O) groups excluding carboxylic acids is 4. The smallest absolute Gasteiger partial charge is 0.343 e. The van der Waals surface area contributed by atoms with Crippen LogP contribution in [-0.2, 0) is 14.3 Å². The molecule has 1 N–H and O–H groups in total. The number of carbonyl (C=O) groups is 4. The summed E-state index contributed by atoms with van der Waals surface area (Å²) in [4.78, 5) is 51.7. The zero-order valence-electron chi connectivity index (χ0n) is 19.9. The summed E-state index contributed by atoms with van der Waals surface area (Å²) in [6, 6.07) is 25.2. The zero-order chi connectivity index (χ0) is 26.8. The van der Waals surface area contributed by atoms with Crippen molar-refractivity contribution in [3.8, 4) is 5.75 Å². The van der Waals surface area contributed by atoms with Gasteiger partial charge in [-0.3, -0.25) is 9.59 Å². The number of hydrogen-bond acceptors (Lipinski definition) is 7. The maximum atomic E-state index is 13.2. The Morgan fingerprint density at radius 2 is 1.47 bits per heavy atom. The topological polar surface area (TPSA) is 102 Å². The number of nitrogens with one attached hydrogen (secondary N) is 1. The van der Waals surface area contributed by atoms with Gasteiger partial charge < -0.3 is 14.8 Å². The number of para-hydroxylation sites is 1. The number of esters is 2. The van der Waals surface area contributed by atoms with E-state index in [2.05, 4.69) is 5.32 Å². The fourth-order valence-corrected chi connectivity index (χ4v) is 4.27. The molecule has 0 fully saturated rings. The molecule has 0 aromatic heterocycles. The molecule has 1 aliphatic rings. The van der Waals surface area contributed by atoms with E-state index in [-0.39, 0.29) is 27.5 Å². The molecule has 0 saturated heterocycles. The molecular weight excluding hydrogens is 508 g/mol. The SMILES string of the molecule is COC(=O)c1ccccc1N1C(=O)C(Cl)=C(Nc2ccc(C(=O)Oc3cccc4ccccc34)cc2)C1=O. The van der Waals surface area contributed by atoms with Crippen molar-refractivity contribution in [2.24, 2.45) is 0 Å². The van der Waals surface area contributed by atoms with E-state index in [0.29, 0.717) is 11.4 Å². The van der Waals surface area contributed by atoms with Gasteiger partial charge >= 0.3 is 11.9 Å². The first kappa shape index (κ1) is 24.7. The molecule has 5 rings (SSSR count). The van der Waals surface area contributed by atoms with Gasteiger partial charge in [0, 0.05) is 11.1 Å². The third-order valence-corrected chi connectivity index (χ3v) is 6.27. The van der Waals surface area contributed by atoms with Gasteiger partial charge in [0.2, 0.25) is 0 Å². The molecule has 4 aromatic rings. The normalized spacial score (nSPS) is 13.2. The molecule has 8 nitrogen and oxygen atoms in total. The second-order valence-electron chi connectivity index (χ2n) is 8.21. The van der Waals surface area contributed by atoms with E-state index in [1.165, 1.54) is 31.4 Å². The van der Waals surface area contributed by atoms with Crippen molar-refractivity contribution in [2.45, 2.75) is 0 Å². The average molecular weight is 527 g/mol. The van der Waals surface area contributed by atoms with Gasteiger partial charge in [-0.1, -0.05) is 60.1 Å². The lowest BCUT2D eigenvalue weighted by Crippen LogP contribution is -2.33. The van der Waals surface area contributed by atoms with Gasteiger partial charge in [0.05, 0.1) is 23.9 Å². The van der Waals surface area contributed by atoms with Crippen molar-refractivity contribution >= 4 is 57.5 Å². The van der Waals surface area contributed by atoms with Crippen LogP contribution in [0.3, 0.4) is 0 Å². The quantitative estimate of drug-likeness (QED) is 0.207. The van der Waals surface area contributed by atoms with Crippen LogP contribution in [0.4, 0.5) is 11.4 Å². The first-order valence-corrected chi connectivity index (χ1v) is 11.8. The fraction of sp³-hybridized carbons (Fsp3) is 0.0345. The predicted molar refractivity (Wildman–Crippen MR) is 142 cm³/mol. The predicted octanol–water partition coefficient (Wildman–Crippen LogP) is 5.28. The molecule has 0 radical (unpaired) electrons. The highest BCUT2D eigenvalue weighted by Gasteiger charge is 2.40. The van der Waals surface area contributed by atoms with Crippen LogP contribution in [0.5, 0.6) is 5.75 Å². The maximum Gasteiger partial charge on any atom is 0.343 e. The van der Waals surface area contributed by atoms with Crippen molar-refractivity contribution in [1.29, 1.82) is 0 Å². The average Bonchev–Trinajstić information content (AvgIpc) is 3.15. The molecule has 2 amide bonds. The molecule has 1 aliphatic heterocycles. The van der Waals surface area contributed by atoms with Crippen molar-refractivity contribution in [2.75, 3.05) is 17.3 Å². The third-order valence-electron chi connectivity index (χ3n) is 5.92. The van der Waals surface area contributed by atoms with Crippen LogP contribution >= 0.6 is 11.6 Å². The van der Waals surface area contributed by atoms with Crippen molar-refractivity contribution < 1.29 is 28.7 Å². The summed E-state index contributed by atoms with van der Waals surface area (Å²) in [5.74, 6) is -2.34. The molecule has 0 aliphatic carbocycles. The number of methoxy groups -OCH3 is 1. The monoisotopic (exact) mass is 526 g/mol. The Morgan fingerprint density at radius 1 is 0.789 bits per heavy atom. The molecule has 0 bridgehead atoms. The number of hydrogen-bond donors (Lipinski definition) is 1. The summed E-state index contributed by atoms with van der Waals surface area (Å²) >= 11 is 6.22. The van der Waals surface area contributed by atoms with E-state index in [1.54, 1.807) is 30.3 Å². The van der Waals surface area contributed by atoms with Crippen LogP contribution in [0.1, 0.15) is 20.7 Å². The van der Waals surface area contributed by atoms with Crippen LogP contribution < -0.4 is 15.0 Å². The zero-order valence-corrected chi connectivity index (χ0v) is 20.7. The molecule has 1 heterocycles. The summed E-state index contributed by atoms with van der Waals surface area (Å²) in [7, 11) is 1.20. The van der Waals surface area contributed by atoms with Crippen molar-refractivity contribution in [1.82, 2.24) is 0 Å². The van der Waals surface area contributed by atoms with E-state index >= 15 is 0 Å². The molecule has 188 valence electrons. The van der Waals surface area contributed by atoms with E-state index in [0.717, 1.165) is 15.7 Å². The minimum absolute atomic E-state index is 0.0384. The van der Waals surface area contributed by atoms with Crippen LogP contribution in [-0.4, -0.2) is 30.9 Å². The molecule has 0 spiro atoms. The second kappa shape index (κ2) is 10.2. The summed E-state index contributed by atoms with van der Waals surface area (Å²) in [6.45, 7) is 0. The van der Waals surface area contributed by atoms with Gasteiger partial charge in [-0.25, -0.2) is 14.5 Å². The lowest BCUT2D eigenvalue weighted by molar-refractivity contribution is -0.120. The summed E-state index contributed by atoms with van der Waals surface area (Å²) in [5, 5.41) is 4.26. The number of imide groups is 1. The van der Waals surface area contributed by atoms with Gasteiger partial charge in [0.25, 0.3) is 11.8 Å². The highest BCUT2D eigenvalue weighted by molar-refractivity contribution is 6.53. The number of benzene rings is 4. The second-order valence-corrected chi connectivity index (χ2v) is 8.59.